The smallest absolute Gasteiger partial charge is 0.270 e. The summed E-state index contributed by atoms with van der Waals surface area (Å²) in [6.07, 6.45) is 1.47. The first-order valence-corrected chi connectivity index (χ1v) is 5.56. The van der Waals surface area contributed by atoms with Crippen LogP contribution in [0.3, 0.4) is 0 Å². The Labute approximate surface area is 101 Å². The molecule has 1 atom stereocenters. The molecule has 5 nitrogen and oxygen atoms in total. The number of nitrogens with two attached hydrogens (primary N) is 1. The zero-order chi connectivity index (χ0) is 12.8. The van der Waals surface area contributed by atoms with Crippen LogP contribution in [0.15, 0.2) is 18.3 Å². The van der Waals surface area contributed by atoms with Gasteiger partial charge in [0.1, 0.15) is 5.69 Å². The van der Waals surface area contributed by atoms with Crippen LogP contribution in [0.4, 0.5) is 5.69 Å². The van der Waals surface area contributed by atoms with E-state index in [2.05, 4.69) is 10.3 Å². The Morgan fingerprint density at radius 2 is 2.24 bits per heavy atom. The van der Waals surface area contributed by atoms with Crippen molar-refractivity contribution in [1.82, 2.24) is 10.3 Å². The molecule has 1 rings (SSSR count). The molecular weight excluding hydrogens is 218 g/mol. The van der Waals surface area contributed by atoms with E-state index in [0.717, 1.165) is 0 Å². The average Bonchev–Trinajstić information content (AvgIpc) is 2.29. The Hall–Kier alpha value is -1.62. The van der Waals surface area contributed by atoms with Gasteiger partial charge in [0.15, 0.2) is 0 Å². The molecule has 0 radical (unpaired) electrons. The van der Waals surface area contributed by atoms with Crippen LogP contribution in [0, 0.1) is 5.92 Å². The van der Waals surface area contributed by atoms with Gasteiger partial charge in [-0.3, -0.25) is 4.79 Å². The highest BCUT2D eigenvalue weighted by Crippen LogP contribution is 2.05. The molecule has 1 heterocycles. The third-order valence-corrected chi connectivity index (χ3v) is 2.49. The van der Waals surface area contributed by atoms with E-state index >= 15 is 0 Å². The molecule has 1 amide bonds. The molecular formula is C12H19N3O2. The Kier molecular flexibility index (Phi) is 4.90. The number of pyridine rings is 1. The van der Waals surface area contributed by atoms with E-state index < -0.39 is 0 Å². The molecule has 0 aliphatic heterocycles. The maximum absolute atomic E-state index is 11.9. The number of rotatable bonds is 5. The van der Waals surface area contributed by atoms with E-state index in [1.54, 1.807) is 19.2 Å². The molecule has 17 heavy (non-hydrogen) atoms. The van der Waals surface area contributed by atoms with Gasteiger partial charge >= 0.3 is 0 Å². The van der Waals surface area contributed by atoms with Crippen molar-refractivity contribution < 1.29 is 9.53 Å². The fraction of sp³-hybridized carbons (Fsp3) is 0.500. The van der Waals surface area contributed by atoms with Gasteiger partial charge in [0.05, 0.1) is 24.5 Å². The van der Waals surface area contributed by atoms with E-state index in [1.807, 2.05) is 13.8 Å². The number of amides is 1. The molecule has 3 N–H and O–H groups in total. The van der Waals surface area contributed by atoms with E-state index in [1.165, 1.54) is 6.20 Å². The van der Waals surface area contributed by atoms with Gasteiger partial charge in [-0.1, -0.05) is 13.8 Å². The Morgan fingerprint density at radius 1 is 1.53 bits per heavy atom. The summed E-state index contributed by atoms with van der Waals surface area (Å²) in [5, 5.41) is 2.89. The van der Waals surface area contributed by atoms with Crippen LogP contribution < -0.4 is 11.1 Å². The molecule has 1 aromatic rings. The molecule has 0 fully saturated rings. The summed E-state index contributed by atoms with van der Waals surface area (Å²) in [5.41, 5.74) is 6.41. The van der Waals surface area contributed by atoms with Gasteiger partial charge < -0.3 is 15.8 Å². The second kappa shape index (κ2) is 6.20. The molecule has 0 saturated heterocycles. The predicted molar refractivity (Wildman–Crippen MR) is 66.6 cm³/mol. The summed E-state index contributed by atoms with van der Waals surface area (Å²) in [5.74, 6) is 0.0911. The standard InChI is InChI=1S/C12H19N3O2/c1-8(2)11(7-17-3)15-12(16)10-5-4-9(13)6-14-10/h4-6,8,11H,7,13H2,1-3H3,(H,15,16). The van der Waals surface area contributed by atoms with Crippen molar-refractivity contribution in [1.29, 1.82) is 0 Å². The lowest BCUT2D eigenvalue weighted by Crippen LogP contribution is -2.41. The van der Waals surface area contributed by atoms with Crippen LogP contribution in [0.2, 0.25) is 0 Å². The Balaban J connectivity index is 2.66. The number of aromatic nitrogens is 1. The number of anilines is 1. The normalized spacial score (nSPS) is 12.5. The number of nitrogens with zero attached hydrogens (tertiary/aromatic N) is 1. The van der Waals surface area contributed by atoms with Gasteiger partial charge in [0.25, 0.3) is 5.91 Å². The number of hydrogen-bond acceptors (Lipinski definition) is 4. The Morgan fingerprint density at radius 3 is 2.71 bits per heavy atom. The second-order valence-electron chi connectivity index (χ2n) is 4.26. The van der Waals surface area contributed by atoms with Crippen molar-refractivity contribution in [3.63, 3.8) is 0 Å². The molecule has 5 heteroatoms. The molecule has 0 bridgehead atoms. The molecule has 0 aliphatic rings. The van der Waals surface area contributed by atoms with E-state index in [0.29, 0.717) is 23.9 Å². The lowest BCUT2D eigenvalue weighted by atomic mass is 10.1. The van der Waals surface area contributed by atoms with Crippen LogP contribution in [0.1, 0.15) is 24.3 Å². The molecule has 0 saturated carbocycles. The van der Waals surface area contributed by atoms with Gasteiger partial charge in [0, 0.05) is 7.11 Å². The first kappa shape index (κ1) is 13.4. The van der Waals surface area contributed by atoms with E-state index in [9.17, 15) is 4.79 Å². The minimum atomic E-state index is -0.208. The topological polar surface area (TPSA) is 77.2 Å². The highest BCUT2D eigenvalue weighted by atomic mass is 16.5. The monoisotopic (exact) mass is 237 g/mol. The summed E-state index contributed by atoms with van der Waals surface area (Å²) in [4.78, 5) is 15.8. The number of nitrogen functional groups attached to an aromatic ring is 1. The van der Waals surface area contributed by atoms with Crippen LogP contribution in [-0.2, 0) is 4.74 Å². The first-order chi connectivity index (χ1) is 8.04. The number of carbonyl (C=O) groups excluding carboxylic acids is 1. The maximum Gasteiger partial charge on any atom is 0.270 e. The molecule has 1 aromatic heterocycles. The quantitative estimate of drug-likeness (QED) is 0.803. The van der Waals surface area contributed by atoms with Gasteiger partial charge in [0.2, 0.25) is 0 Å². The summed E-state index contributed by atoms with van der Waals surface area (Å²) in [6.45, 7) is 4.54. The highest BCUT2D eigenvalue weighted by molar-refractivity contribution is 5.92. The molecule has 94 valence electrons. The number of hydrogen-bond donors (Lipinski definition) is 2. The van der Waals surface area contributed by atoms with Gasteiger partial charge in [-0.2, -0.15) is 0 Å². The fourth-order valence-electron chi connectivity index (χ4n) is 1.36. The third-order valence-electron chi connectivity index (χ3n) is 2.49. The molecule has 0 aromatic carbocycles. The van der Waals surface area contributed by atoms with Crippen LogP contribution >= 0.6 is 0 Å². The zero-order valence-corrected chi connectivity index (χ0v) is 10.4. The van der Waals surface area contributed by atoms with Crippen LogP contribution in [0.25, 0.3) is 0 Å². The van der Waals surface area contributed by atoms with Gasteiger partial charge in [-0.15, -0.1) is 0 Å². The molecule has 0 spiro atoms. The third kappa shape index (κ3) is 4.03. The number of methoxy groups -OCH3 is 1. The van der Waals surface area contributed by atoms with Crippen molar-refractivity contribution in [2.45, 2.75) is 19.9 Å². The summed E-state index contributed by atoms with van der Waals surface area (Å²) < 4.78 is 5.07. The van der Waals surface area contributed by atoms with Crippen molar-refractivity contribution in [3.05, 3.63) is 24.0 Å². The highest BCUT2D eigenvalue weighted by Gasteiger charge is 2.17. The number of carbonyl (C=O) groups is 1. The number of ether oxygens (including phenoxy) is 1. The Bertz CT molecular complexity index is 363. The predicted octanol–water partition coefficient (Wildman–Crippen LogP) is 1.06. The lowest BCUT2D eigenvalue weighted by Gasteiger charge is -2.21. The van der Waals surface area contributed by atoms with Crippen LogP contribution in [-0.4, -0.2) is 30.6 Å². The fourth-order valence-corrected chi connectivity index (χ4v) is 1.36. The van der Waals surface area contributed by atoms with Crippen molar-refractivity contribution >= 4 is 11.6 Å². The summed E-state index contributed by atoms with van der Waals surface area (Å²) in [6, 6.07) is 3.24. The molecule has 1 unspecified atom stereocenters. The van der Waals surface area contributed by atoms with Crippen LogP contribution in [0.5, 0.6) is 0 Å². The summed E-state index contributed by atoms with van der Waals surface area (Å²) >= 11 is 0. The van der Waals surface area contributed by atoms with Crippen molar-refractivity contribution in [2.75, 3.05) is 19.5 Å². The van der Waals surface area contributed by atoms with E-state index in [-0.39, 0.29) is 11.9 Å². The lowest BCUT2D eigenvalue weighted by molar-refractivity contribution is 0.0862. The van der Waals surface area contributed by atoms with Crippen molar-refractivity contribution in [2.24, 2.45) is 5.92 Å². The van der Waals surface area contributed by atoms with Gasteiger partial charge in [-0.25, -0.2) is 4.98 Å². The summed E-state index contributed by atoms with van der Waals surface area (Å²) in [7, 11) is 1.61. The van der Waals surface area contributed by atoms with E-state index in [4.69, 9.17) is 10.5 Å². The zero-order valence-electron chi connectivity index (χ0n) is 10.4. The largest absolute Gasteiger partial charge is 0.397 e. The number of nitrogens with one attached hydrogen (secondary N) is 1. The van der Waals surface area contributed by atoms with Crippen molar-refractivity contribution in [3.8, 4) is 0 Å². The first-order valence-electron chi connectivity index (χ1n) is 5.56. The minimum absolute atomic E-state index is 0.0214. The molecule has 0 aliphatic carbocycles. The SMILES string of the molecule is COCC(NC(=O)c1ccc(N)cn1)C(C)C. The minimum Gasteiger partial charge on any atom is -0.397 e. The maximum atomic E-state index is 11.9. The second-order valence-corrected chi connectivity index (χ2v) is 4.26. The average molecular weight is 237 g/mol. The van der Waals surface area contributed by atoms with Gasteiger partial charge in [-0.05, 0) is 18.1 Å².